The summed E-state index contributed by atoms with van der Waals surface area (Å²) < 4.78 is 13.7. The monoisotopic (exact) mass is 582 g/mol. The van der Waals surface area contributed by atoms with Gasteiger partial charge in [-0.1, -0.05) is 18.2 Å². The molecule has 2 aliphatic rings. The van der Waals surface area contributed by atoms with Crippen LogP contribution in [0.25, 0.3) is 11.1 Å². The van der Waals surface area contributed by atoms with E-state index in [0.29, 0.717) is 23.0 Å². The summed E-state index contributed by atoms with van der Waals surface area (Å²) in [6, 6.07) is 13.5. The van der Waals surface area contributed by atoms with Gasteiger partial charge in [-0.3, -0.25) is 19.3 Å². The highest BCUT2D eigenvalue weighted by Crippen LogP contribution is 2.46. The Balaban J connectivity index is 1.22. The Bertz CT molecular complexity index is 1620. The lowest BCUT2D eigenvalue weighted by Crippen LogP contribution is -2.32. The Morgan fingerprint density at radius 1 is 1.05 bits per heavy atom. The van der Waals surface area contributed by atoms with Gasteiger partial charge >= 0.3 is 0 Å². The summed E-state index contributed by atoms with van der Waals surface area (Å²) in [7, 11) is 4.85. The average molecular weight is 583 g/mol. The minimum absolute atomic E-state index is 0.00242. The summed E-state index contributed by atoms with van der Waals surface area (Å²) in [4.78, 5) is 29.4. The molecule has 0 spiro atoms. The van der Waals surface area contributed by atoms with Crippen molar-refractivity contribution in [3.63, 3.8) is 0 Å². The Kier molecular flexibility index (Phi) is 8.01. The SMILES string of the molecule is CNC(=O)c1nnc(NC(=O)C2CC2)cc1Nc1cccc(-c2cnn(C3CC([C@H](OC)c4ccccn4)C3)c2)c1OC. The van der Waals surface area contributed by atoms with Crippen LogP contribution in [0.15, 0.2) is 61.1 Å². The second kappa shape index (κ2) is 12.2. The molecule has 4 aromatic rings. The Hall–Kier alpha value is -4.84. The third-order valence-corrected chi connectivity index (χ3v) is 8.02. The summed E-state index contributed by atoms with van der Waals surface area (Å²) >= 11 is 0. The average Bonchev–Trinajstić information content (AvgIpc) is 3.76. The number of para-hydroxylation sites is 1. The van der Waals surface area contributed by atoms with Crippen molar-refractivity contribution in [2.24, 2.45) is 11.8 Å². The lowest BCUT2D eigenvalue weighted by Gasteiger charge is -2.39. The van der Waals surface area contributed by atoms with Gasteiger partial charge in [0.05, 0.1) is 36.4 Å². The molecule has 3 heterocycles. The number of aromatic nitrogens is 5. The lowest BCUT2D eigenvalue weighted by molar-refractivity contribution is -0.117. The highest BCUT2D eigenvalue weighted by atomic mass is 16.5. The number of benzene rings is 1. The van der Waals surface area contributed by atoms with Crippen LogP contribution in [0.2, 0.25) is 0 Å². The number of carbonyl (C=O) groups is 2. The fraction of sp³-hybridized carbons (Fsp3) is 0.355. The first-order valence-corrected chi connectivity index (χ1v) is 14.3. The van der Waals surface area contributed by atoms with E-state index in [1.54, 1.807) is 26.5 Å². The van der Waals surface area contributed by atoms with Crippen LogP contribution < -0.4 is 20.7 Å². The van der Waals surface area contributed by atoms with E-state index in [1.807, 2.05) is 53.5 Å². The number of anilines is 3. The number of pyridine rings is 1. The van der Waals surface area contributed by atoms with Gasteiger partial charge < -0.3 is 25.4 Å². The number of ether oxygens (including phenoxy) is 2. The van der Waals surface area contributed by atoms with Crippen LogP contribution in [-0.2, 0) is 9.53 Å². The van der Waals surface area contributed by atoms with E-state index in [2.05, 4.69) is 36.2 Å². The molecule has 12 nitrogen and oxygen atoms in total. The zero-order valence-corrected chi connectivity index (χ0v) is 24.3. The maximum absolute atomic E-state index is 12.6. The normalized spacial score (nSPS) is 18.3. The van der Waals surface area contributed by atoms with E-state index in [4.69, 9.17) is 9.47 Å². The van der Waals surface area contributed by atoms with Crippen LogP contribution in [-0.4, -0.2) is 58.0 Å². The number of hydrogen-bond acceptors (Lipinski definition) is 9. The summed E-state index contributed by atoms with van der Waals surface area (Å²) in [6.07, 6.45) is 9.21. The molecule has 2 saturated carbocycles. The Morgan fingerprint density at radius 2 is 1.88 bits per heavy atom. The minimum atomic E-state index is -0.413. The van der Waals surface area contributed by atoms with Gasteiger partial charge in [-0.25, -0.2) is 0 Å². The van der Waals surface area contributed by atoms with E-state index in [9.17, 15) is 9.59 Å². The first-order valence-electron chi connectivity index (χ1n) is 14.3. The molecule has 2 amide bonds. The second-order valence-electron chi connectivity index (χ2n) is 10.9. The van der Waals surface area contributed by atoms with E-state index >= 15 is 0 Å². The molecule has 12 heteroatoms. The van der Waals surface area contributed by atoms with Gasteiger partial charge in [0.15, 0.2) is 11.5 Å². The van der Waals surface area contributed by atoms with Crippen LogP contribution >= 0.6 is 0 Å². The van der Waals surface area contributed by atoms with Crippen molar-refractivity contribution < 1.29 is 19.1 Å². The summed E-state index contributed by atoms with van der Waals surface area (Å²) in [5.41, 5.74) is 3.77. The molecular formula is C31H34N8O4. The fourth-order valence-electron chi connectivity index (χ4n) is 5.50. The Labute approximate surface area is 249 Å². The first kappa shape index (κ1) is 28.3. The van der Waals surface area contributed by atoms with E-state index in [1.165, 1.54) is 7.05 Å². The molecule has 0 saturated heterocycles. The van der Waals surface area contributed by atoms with Crippen molar-refractivity contribution in [1.82, 2.24) is 30.3 Å². The lowest BCUT2D eigenvalue weighted by atomic mass is 9.75. The van der Waals surface area contributed by atoms with Crippen LogP contribution in [0.4, 0.5) is 17.2 Å². The second-order valence-corrected chi connectivity index (χ2v) is 10.9. The van der Waals surface area contributed by atoms with Crippen molar-refractivity contribution in [2.75, 3.05) is 31.9 Å². The van der Waals surface area contributed by atoms with Gasteiger partial charge in [0, 0.05) is 49.7 Å². The van der Waals surface area contributed by atoms with Crippen LogP contribution in [0.5, 0.6) is 5.75 Å². The van der Waals surface area contributed by atoms with Gasteiger partial charge in [-0.15, -0.1) is 10.2 Å². The number of amides is 2. The van der Waals surface area contributed by atoms with E-state index in [0.717, 1.165) is 42.5 Å². The van der Waals surface area contributed by atoms with Crippen molar-refractivity contribution in [3.05, 3.63) is 72.4 Å². The van der Waals surface area contributed by atoms with E-state index < -0.39 is 5.91 Å². The number of hydrogen-bond donors (Lipinski definition) is 3. The van der Waals surface area contributed by atoms with Crippen LogP contribution in [0.3, 0.4) is 0 Å². The quantitative estimate of drug-likeness (QED) is 0.232. The third-order valence-electron chi connectivity index (χ3n) is 8.02. The smallest absolute Gasteiger partial charge is 0.273 e. The first-order chi connectivity index (χ1) is 21.0. The van der Waals surface area contributed by atoms with Crippen LogP contribution in [0, 0.1) is 11.8 Å². The number of nitrogens with one attached hydrogen (secondary N) is 3. The molecule has 3 N–H and O–H groups in total. The fourth-order valence-corrected chi connectivity index (χ4v) is 5.50. The molecule has 43 heavy (non-hydrogen) atoms. The molecule has 6 rings (SSSR count). The van der Waals surface area contributed by atoms with Crippen LogP contribution in [0.1, 0.15) is 54.0 Å². The van der Waals surface area contributed by atoms with Crippen molar-refractivity contribution >= 4 is 29.0 Å². The maximum Gasteiger partial charge on any atom is 0.273 e. The molecule has 0 radical (unpaired) electrons. The van der Waals surface area contributed by atoms with Crippen molar-refractivity contribution in [2.45, 2.75) is 37.8 Å². The molecule has 3 aromatic heterocycles. The maximum atomic E-state index is 12.6. The van der Waals surface area contributed by atoms with Gasteiger partial charge in [0.2, 0.25) is 5.91 Å². The summed E-state index contributed by atoms with van der Waals surface area (Å²) in [6.45, 7) is 0. The molecule has 1 aromatic carbocycles. The molecule has 222 valence electrons. The van der Waals surface area contributed by atoms with Crippen molar-refractivity contribution in [1.29, 1.82) is 0 Å². The molecule has 2 fully saturated rings. The number of methoxy groups -OCH3 is 2. The molecule has 2 aliphatic carbocycles. The third kappa shape index (κ3) is 5.91. The molecule has 0 aliphatic heterocycles. The molecule has 1 atom stereocenters. The predicted molar refractivity (Wildman–Crippen MR) is 160 cm³/mol. The highest BCUT2D eigenvalue weighted by molar-refractivity contribution is 6.00. The highest BCUT2D eigenvalue weighted by Gasteiger charge is 2.38. The molecular weight excluding hydrogens is 548 g/mol. The van der Waals surface area contributed by atoms with Gasteiger partial charge in [-0.05, 0) is 49.8 Å². The van der Waals surface area contributed by atoms with Gasteiger partial charge in [0.1, 0.15) is 11.9 Å². The topological polar surface area (TPSA) is 145 Å². The van der Waals surface area contributed by atoms with E-state index in [-0.39, 0.29) is 35.5 Å². The van der Waals surface area contributed by atoms with Crippen molar-refractivity contribution in [3.8, 4) is 16.9 Å². The van der Waals surface area contributed by atoms with Gasteiger partial charge in [-0.2, -0.15) is 5.10 Å². The molecule has 0 bridgehead atoms. The predicted octanol–water partition coefficient (Wildman–Crippen LogP) is 4.53. The number of carbonyl (C=O) groups excluding carboxylic acids is 2. The number of rotatable bonds is 11. The molecule has 0 unspecified atom stereocenters. The number of nitrogens with zero attached hydrogens (tertiary/aromatic N) is 5. The largest absolute Gasteiger partial charge is 0.494 e. The summed E-state index contributed by atoms with van der Waals surface area (Å²) in [5, 5.41) is 21.5. The van der Waals surface area contributed by atoms with Gasteiger partial charge in [0.25, 0.3) is 5.91 Å². The zero-order valence-electron chi connectivity index (χ0n) is 24.3. The standard InChI is InChI=1S/C31H34N8O4/c1-32-31(41)27-25(15-26(37-38-27)36-30(40)18-10-11-18)35-24-9-6-7-22(29(24)43-3)20-16-34-39(17-20)21-13-19(14-21)28(42-2)23-8-4-5-12-33-23/h4-9,12,15-19,21,28H,10-11,13-14H2,1-3H3,(H,32,41)(H2,35,36,37,40)/t19?,21?,28-/m0/s1. The summed E-state index contributed by atoms with van der Waals surface area (Å²) in [5.74, 6) is 0.692. The zero-order chi connectivity index (χ0) is 29.9. The minimum Gasteiger partial charge on any atom is -0.494 e. The Morgan fingerprint density at radius 3 is 2.58 bits per heavy atom.